The highest BCUT2D eigenvalue weighted by Gasteiger charge is 2.15. The Morgan fingerprint density at radius 3 is 2.40 bits per heavy atom. The van der Waals surface area contributed by atoms with E-state index in [1.165, 1.54) is 5.56 Å². The van der Waals surface area contributed by atoms with Gasteiger partial charge in [0.05, 0.1) is 11.7 Å². The predicted molar refractivity (Wildman–Crippen MR) is 84.5 cm³/mol. The van der Waals surface area contributed by atoms with E-state index in [1.54, 1.807) is 0 Å². The normalized spacial score (nSPS) is 12.9. The molecule has 0 aliphatic carbocycles. The van der Waals surface area contributed by atoms with Crippen LogP contribution in [-0.4, -0.2) is 9.97 Å². The van der Waals surface area contributed by atoms with E-state index in [2.05, 4.69) is 56.9 Å². The van der Waals surface area contributed by atoms with Gasteiger partial charge in [-0.25, -0.2) is 4.98 Å². The Kier molecular flexibility index (Phi) is 4.61. The first-order chi connectivity index (χ1) is 9.51. The number of aromatic amines is 1. The second-order valence-corrected chi connectivity index (χ2v) is 5.88. The molecule has 3 N–H and O–H groups in total. The second-order valence-electron chi connectivity index (χ2n) is 5.88. The summed E-state index contributed by atoms with van der Waals surface area (Å²) in [6, 6.07) is 8.59. The molecule has 0 aliphatic heterocycles. The van der Waals surface area contributed by atoms with E-state index < -0.39 is 0 Å². The van der Waals surface area contributed by atoms with Gasteiger partial charge in [-0.05, 0) is 31.2 Å². The summed E-state index contributed by atoms with van der Waals surface area (Å²) < 4.78 is 0. The first-order valence-electron chi connectivity index (χ1n) is 7.42. The zero-order chi connectivity index (χ0) is 14.7. The lowest BCUT2D eigenvalue weighted by Gasteiger charge is -2.10. The van der Waals surface area contributed by atoms with E-state index in [9.17, 15) is 0 Å². The molecule has 2 aromatic rings. The first kappa shape index (κ1) is 14.8. The maximum Gasteiger partial charge on any atom is 0.124 e. The molecule has 1 unspecified atom stereocenters. The largest absolute Gasteiger partial charge is 0.344 e. The molecule has 0 fully saturated rings. The molecule has 20 heavy (non-hydrogen) atoms. The van der Waals surface area contributed by atoms with Crippen LogP contribution < -0.4 is 5.73 Å². The average Bonchev–Trinajstić information content (AvgIpc) is 2.80. The number of nitrogens with one attached hydrogen (secondary N) is 1. The summed E-state index contributed by atoms with van der Waals surface area (Å²) >= 11 is 0. The second kappa shape index (κ2) is 6.23. The number of hydrogen-bond acceptors (Lipinski definition) is 2. The van der Waals surface area contributed by atoms with Crippen molar-refractivity contribution in [3.63, 3.8) is 0 Å². The number of rotatable bonds is 5. The van der Waals surface area contributed by atoms with E-state index in [1.807, 2.05) is 0 Å². The fraction of sp³-hybridized carbons (Fsp3) is 0.471. The van der Waals surface area contributed by atoms with Crippen LogP contribution in [0.5, 0.6) is 0 Å². The Labute approximate surface area is 121 Å². The van der Waals surface area contributed by atoms with Crippen LogP contribution >= 0.6 is 0 Å². The van der Waals surface area contributed by atoms with E-state index in [0.29, 0.717) is 5.92 Å². The SMILES string of the molecule is CCc1ccc(-c2nc(C(N)CC(C)C)[nH]c2C)cc1. The number of nitrogens with zero attached hydrogens (tertiary/aromatic N) is 1. The van der Waals surface area contributed by atoms with Crippen LogP contribution in [0.3, 0.4) is 0 Å². The fourth-order valence-corrected chi connectivity index (χ4v) is 2.46. The van der Waals surface area contributed by atoms with E-state index >= 15 is 0 Å². The summed E-state index contributed by atoms with van der Waals surface area (Å²) in [5.41, 5.74) is 10.8. The molecule has 108 valence electrons. The minimum Gasteiger partial charge on any atom is -0.344 e. The van der Waals surface area contributed by atoms with Gasteiger partial charge in [0.25, 0.3) is 0 Å². The molecule has 3 nitrogen and oxygen atoms in total. The maximum absolute atomic E-state index is 6.21. The van der Waals surface area contributed by atoms with Gasteiger partial charge in [-0.1, -0.05) is 45.0 Å². The van der Waals surface area contributed by atoms with Crippen LogP contribution in [0.15, 0.2) is 24.3 Å². The van der Waals surface area contributed by atoms with Gasteiger partial charge >= 0.3 is 0 Å². The molecule has 0 radical (unpaired) electrons. The molecular weight excluding hydrogens is 246 g/mol. The summed E-state index contributed by atoms with van der Waals surface area (Å²) in [5.74, 6) is 1.47. The molecule has 0 bridgehead atoms. The third-order valence-corrected chi connectivity index (χ3v) is 3.62. The minimum atomic E-state index is -0.0163. The maximum atomic E-state index is 6.21. The number of hydrogen-bond donors (Lipinski definition) is 2. The molecule has 0 aliphatic rings. The van der Waals surface area contributed by atoms with Crippen LogP contribution in [0.25, 0.3) is 11.3 Å². The number of aromatic nitrogens is 2. The van der Waals surface area contributed by atoms with Crippen molar-refractivity contribution < 1.29 is 0 Å². The molecule has 0 amide bonds. The molecular formula is C17H25N3. The lowest BCUT2D eigenvalue weighted by Crippen LogP contribution is -2.14. The van der Waals surface area contributed by atoms with Crippen molar-refractivity contribution in [3.05, 3.63) is 41.3 Å². The van der Waals surface area contributed by atoms with Crippen LogP contribution in [0.2, 0.25) is 0 Å². The van der Waals surface area contributed by atoms with Gasteiger partial charge in [0.1, 0.15) is 5.82 Å². The smallest absolute Gasteiger partial charge is 0.124 e. The van der Waals surface area contributed by atoms with Gasteiger partial charge in [-0.15, -0.1) is 0 Å². The lowest BCUT2D eigenvalue weighted by molar-refractivity contribution is 0.495. The van der Waals surface area contributed by atoms with Crippen molar-refractivity contribution in [2.24, 2.45) is 11.7 Å². The van der Waals surface area contributed by atoms with Gasteiger partial charge < -0.3 is 10.7 Å². The van der Waals surface area contributed by atoms with E-state index in [4.69, 9.17) is 10.7 Å². The number of H-pyrrole nitrogens is 1. The van der Waals surface area contributed by atoms with Crippen LogP contribution in [-0.2, 0) is 6.42 Å². The molecule has 1 aromatic heterocycles. The number of benzene rings is 1. The van der Waals surface area contributed by atoms with Gasteiger partial charge in [-0.3, -0.25) is 0 Å². The van der Waals surface area contributed by atoms with Crippen molar-refractivity contribution in [2.75, 3.05) is 0 Å². The molecule has 3 heteroatoms. The fourth-order valence-electron chi connectivity index (χ4n) is 2.46. The molecule has 1 aromatic carbocycles. The molecule has 2 rings (SSSR count). The number of aryl methyl sites for hydroxylation is 2. The van der Waals surface area contributed by atoms with Crippen LogP contribution in [0.1, 0.15) is 50.3 Å². The Morgan fingerprint density at radius 2 is 1.85 bits per heavy atom. The monoisotopic (exact) mass is 271 g/mol. The summed E-state index contributed by atoms with van der Waals surface area (Å²) in [5, 5.41) is 0. The van der Waals surface area contributed by atoms with Gasteiger partial charge in [0, 0.05) is 11.3 Å². The predicted octanol–water partition coefficient (Wildman–Crippen LogP) is 3.99. The van der Waals surface area contributed by atoms with Gasteiger partial charge in [0.15, 0.2) is 0 Å². The summed E-state index contributed by atoms with van der Waals surface area (Å²) in [7, 11) is 0. The lowest BCUT2D eigenvalue weighted by atomic mass is 10.0. The molecule has 0 saturated carbocycles. The Hall–Kier alpha value is -1.61. The highest BCUT2D eigenvalue weighted by molar-refractivity contribution is 5.62. The highest BCUT2D eigenvalue weighted by atomic mass is 15.0. The van der Waals surface area contributed by atoms with Crippen molar-refractivity contribution in [3.8, 4) is 11.3 Å². The third-order valence-electron chi connectivity index (χ3n) is 3.62. The highest BCUT2D eigenvalue weighted by Crippen LogP contribution is 2.25. The van der Waals surface area contributed by atoms with Crippen molar-refractivity contribution in [1.29, 1.82) is 0 Å². The summed E-state index contributed by atoms with van der Waals surface area (Å²) in [4.78, 5) is 8.05. The molecule has 1 heterocycles. The minimum absolute atomic E-state index is 0.0163. The van der Waals surface area contributed by atoms with Crippen molar-refractivity contribution in [2.45, 2.75) is 46.6 Å². The topological polar surface area (TPSA) is 54.7 Å². The van der Waals surface area contributed by atoms with Crippen molar-refractivity contribution in [1.82, 2.24) is 9.97 Å². The molecule has 0 spiro atoms. The zero-order valence-corrected chi connectivity index (χ0v) is 12.9. The van der Waals surface area contributed by atoms with Crippen molar-refractivity contribution >= 4 is 0 Å². The Morgan fingerprint density at radius 1 is 1.20 bits per heavy atom. The first-order valence-corrected chi connectivity index (χ1v) is 7.42. The zero-order valence-electron chi connectivity index (χ0n) is 12.9. The van der Waals surface area contributed by atoms with Gasteiger partial charge in [0.2, 0.25) is 0 Å². The Bertz CT molecular complexity index is 552. The van der Waals surface area contributed by atoms with Crippen LogP contribution in [0.4, 0.5) is 0 Å². The van der Waals surface area contributed by atoms with Crippen LogP contribution in [0, 0.1) is 12.8 Å². The third kappa shape index (κ3) is 3.28. The van der Waals surface area contributed by atoms with Gasteiger partial charge in [-0.2, -0.15) is 0 Å². The molecule has 0 saturated heterocycles. The average molecular weight is 271 g/mol. The summed E-state index contributed by atoms with van der Waals surface area (Å²) in [6.07, 6.45) is 2.01. The standard InChI is InChI=1S/C17H25N3/c1-5-13-6-8-14(9-7-13)16-12(4)19-17(20-16)15(18)10-11(2)3/h6-9,11,15H,5,10,18H2,1-4H3,(H,19,20). The number of imidazole rings is 1. The molecule has 1 atom stereocenters. The Balaban J connectivity index is 2.26. The summed E-state index contributed by atoms with van der Waals surface area (Å²) in [6.45, 7) is 8.58. The van der Waals surface area contributed by atoms with E-state index in [0.717, 1.165) is 35.6 Å². The number of nitrogens with two attached hydrogens (primary N) is 1. The quantitative estimate of drug-likeness (QED) is 0.863. The van der Waals surface area contributed by atoms with E-state index in [-0.39, 0.29) is 6.04 Å².